The first-order valence-electron chi connectivity index (χ1n) is 5.97. The number of aromatic nitrogens is 2. The molecule has 21 heavy (non-hydrogen) atoms. The lowest BCUT2D eigenvalue weighted by Gasteiger charge is -2.07. The van der Waals surface area contributed by atoms with Gasteiger partial charge >= 0.3 is 11.7 Å². The number of hydrogen-bond donors (Lipinski definition) is 1. The van der Waals surface area contributed by atoms with E-state index < -0.39 is 10.9 Å². The van der Waals surface area contributed by atoms with Crippen molar-refractivity contribution in [2.24, 2.45) is 0 Å². The van der Waals surface area contributed by atoms with Crippen LogP contribution in [-0.4, -0.2) is 28.0 Å². The van der Waals surface area contributed by atoms with Crippen LogP contribution in [0.2, 0.25) is 0 Å². The fraction of sp³-hybridized carbons (Fsp3) is 0.154. The number of rotatable bonds is 5. The lowest BCUT2D eigenvalue weighted by molar-refractivity contribution is -0.384. The minimum atomic E-state index is -0.676. The monoisotopic (exact) mass is 288 g/mol. The minimum absolute atomic E-state index is 0.0242. The van der Waals surface area contributed by atoms with Crippen molar-refractivity contribution in [1.82, 2.24) is 9.97 Å². The van der Waals surface area contributed by atoms with E-state index in [-0.39, 0.29) is 17.1 Å². The van der Waals surface area contributed by atoms with E-state index in [1.54, 1.807) is 18.5 Å². The highest BCUT2D eigenvalue weighted by atomic mass is 16.6. The molecule has 0 bridgehead atoms. The standard InChI is InChI=1S/C13H12N4O4/c1-21-13(18)10-5-11(17(19)20)12(16-8-10)15-7-9-3-2-4-14-6-9/h2-6,8H,7H2,1H3,(H,15,16). The molecule has 2 heterocycles. The summed E-state index contributed by atoms with van der Waals surface area (Å²) < 4.78 is 4.51. The summed E-state index contributed by atoms with van der Waals surface area (Å²) in [6.45, 7) is 0.333. The summed E-state index contributed by atoms with van der Waals surface area (Å²) in [5.41, 5.74) is 0.587. The summed E-state index contributed by atoms with van der Waals surface area (Å²) in [7, 11) is 1.20. The Labute approximate surface area is 120 Å². The molecule has 2 aromatic rings. The van der Waals surface area contributed by atoms with E-state index in [2.05, 4.69) is 20.0 Å². The molecular weight excluding hydrogens is 276 g/mol. The lowest BCUT2D eigenvalue weighted by Crippen LogP contribution is -2.08. The largest absolute Gasteiger partial charge is 0.465 e. The number of carbonyl (C=O) groups excluding carboxylic acids is 1. The predicted octanol–water partition coefficient (Wildman–Crippen LogP) is 1.78. The second-order valence-electron chi connectivity index (χ2n) is 4.06. The van der Waals surface area contributed by atoms with Gasteiger partial charge in [0.05, 0.1) is 17.6 Å². The van der Waals surface area contributed by atoms with Crippen molar-refractivity contribution < 1.29 is 14.5 Å². The molecular formula is C13H12N4O4. The molecule has 0 saturated carbocycles. The average Bonchev–Trinajstić information content (AvgIpc) is 2.52. The Morgan fingerprint density at radius 2 is 2.29 bits per heavy atom. The Bertz CT molecular complexity index is 660. The molecule has 1 N–H and O–H groups in total. The van der Waals surface area contributed by atoms with Crippen LogP contribution >= 0.6 is 0 Å². The normalized spacial score (nSPS) is 9.95. The maximum Gasteiger partial charge on any atom is 0.339 e. The number of nitrogens with zero attached hydrogens (tertiary/aromatic N) is 3. The molecule has 0 radical (unpaired) electrons. The van der Waals surface area contributed by atoms with Crippen LogP contribution < -0.4 is 5.32 Å². The van der Waals surface area contributed by atoms with E-state index in [4.69, 9.17) is 0 Å². The molecule has 0 unspecified atom stereocenters. The summed E-state index contributed by atoms with van der Waals surface area (Å²) in [6.07, 6.45) is 4.50. The third-order valence-electron chi connectivity index (χ3n) is 2.67. The fourth-order valence-corrected chi connectivity index (χ4v) is 1.65. The second kappa shape index (κ2) is 6.42. The molecule has 8 nitrogen and oxygen atoms in total. The van der Waals surface area contributed by atoms with Gasteiger partial charge in [0.1, 0.15) is 0 Å². The fourth-order valence-electron chi connectivity index (χ4n) is 1.65. The zero-order chi connectivity index (χ0) is 15.2. The van der Waals surface area contributed by atoms with Crippen molar-refractivity contribution in [1.29, 1.82) is 0 Å². The third kappa shape index (κ3) is 3.50. The van der Waals surface area contributed by atoms with Crippen LogP contribution in [0.15, 0.2) is 36.8 Å². The van der Waals surface area contributed by atoms with Gasteiger partial charge in [-0.2, -0.15) is 0 Å². The number of esters is 1. The molecule has 0 spiro atoms. The Morgan fingerprint density at radius 1 is 1.48 bits per heavy atom. The molecule has 0 aliphatic heterocycles. The molecule has 8 heteroatoms. The van der Waals surface area contributed by atoms with Gasteiger partial charge in [-0.05, 0) is 11.6 Å². The Morgan fingerprint density at radius 3 is 2.90 bits per heavy atom. The van der Waals surface area contributed by atoms with E-state index in [1.807, 2.05) is 6.07 Å². The zero-order valence-electron chi connectivity index (χ0n) is 11.1. The minimum Gasteiger partial charge on any atom is -0.465 e. The van der Waals surface area contributed by atoms with Gasteiger partial charge in [0.2, 0.25) is 5.82 Å². The number of pyridine rings is 2. The Kier molecular flexibility index (Phi) is 4.39. The van der Waals surface area contributed by atoms with Gasteiger partial charge in [-0.3, -0.25) is 15.1 Å². The smallest absolute Gasteiger partial charge is 0.339 e. The van der Waals surface area contributed by atoms with Crippen molar-refractivity contribution >= 4 is 17.5 Å². The average molecular weight is 288 g/mol. The summed E-state index contributed by atoms with van der Waals surface area (Å²) in [4.78, 5) is 29.7. The molecule has 0 amide bonds. The molecule has 2 rings (SSSR count). The summed E-state index contributed by atoms with van der Waals surface area (Å²) >= 11 is 0. The molecule has 0 aliphatic rings. The second-order valence-corrected chi connectivity index (χ2v) is 4.06. The van der Waals surface area contributed by atoms with Gasteiger partial charge in [-0.25, -0.2) is 9.78 Å². The van der Waals surface area contributed by atoms with Crippen LogP contribution in [0.5, 0.6) is 0 Å². The number of carbonyl (C=O) groups is 1. The summed E-state index contributed by atoms with van der Waals surface area (Å²) in [6, 6.07) is 4.72. The SMILES string of the molecule is COC(=O)c1cnc(NCc2cccnc2)c([N+](=O)[O-])c1. The van der Waals surface area contributed by atoms with E-state index in [9.17, 15) is 14.9 Å². The summed E-state index contributed by atoms with van der Waals surface area (Å²) in [5, 5.41) is 13.9. The van der Waals surface area contributed by atoms with Crippen LogP contribution in [0.4, 0.5) is 11.5 Å². The lowest BCUT2D eigenvalue weighted by atomic mass is 10.2. The highest BCUT2D eigenvalue weighted by molar-refractivity contribution is 5.90. The molecule has 0 aliphatic carbocycles. The summed E-state index contributed by atoms with van der Waals surface area (Å²) in [5.74, 6) is -0.596. The molecule has 0 atom stereocenters. The van der Waals surface area contributed by atoms with Crippen LogP contribution in [0.25, 0.3) is 0 Å². The van der Waals surface area contributed by atoms with Crippen molar-refractivity contribution in [3.8, 4) is 0 Å². The first-order chi connectivity index (χ1) is 10.1. The number of nitrogens with one attached hydrogen (secondary N) is 1. The number of hydrogen-bond acceptors (Lipinski definition) is 7. The Hall–Kier alpha value is -3.03. The molecule has 0 fully saturated rings. The first-order valence-corrected chi connectivity index (χ1v) is 5.97. The van der Waals surface area contributed by atoms with Gasteiger partial charge in [-0.15, -0.1) is 0 Å². The molecule has 0 saturated heterocycles. The quantitative estimate of drug-likeness (QED) is 0.507. The van der Waals surface area contributed by atoms with Crippen LogP contribution in [0, 0.1) is 10.1 Å². The van der Waals surface area contributed by atoms with Gasteiger partial charge < -0.3 is 10.1 Å². The van der Waals surface area contributed by atoms with Crippen molar-refractivity contribution in [2.75, 3.05) is 12.4 Å². The highest BCUT2D eigenvalue weighted by Crippen LogP contribution is 2.23. The molecule has 108 valence electrons. The third-order valence-corrected chi connectivity index (χ3v) is 2.67. The van der Waals surface area contributed by atoms with E-state index >= 15 is 0 Å². The van der Waals surface area contributed by atoms with Crippen LogP contribution in [0.1, 0.15) is 15.9 Å². The predicted molar refractivity (Wildman–Crippen MR) is 73.8 cm³/mol. The number of methoxy groups -OCH3 is 1. The van der Waals surface area contributed by atoms with Crippen molar-refractivity contribution in [3.63, 3.8) is 0 Å². The Balaban J connectivity index is 2.22. The maximum absolute atomic E-state index is 11.4. The topological polar surface area (TPSA) is 107 Å². The number of nitro groups is 1. The van der Waals surface area contributed by atoms with Gasteiger partial charge in [-0.1, -0.05) is 6.07 Å². The zero-order valence-corrected chi connectivity index (χ0v) is 11.1. The van der Waals surface area contributed by atoms with E-state index in [1.165, 1.54) is 13.3 Å². The number of anilines is 1. The molecule has 2 aromatic heterocycles. The van der Waals surface area contributed by atoms with Crippen molar-refractivity contribution in [3.05, 3.63) is 58.0 Å². The van der Waals surface area contributed by atoms with E-state index in [0.717, 1.165) is 11.6 Å². The van der Waals surface area contributed by atoms with E-state index in [0.29, 0.717) is 6.54 Å². The van der Waals surface area contributed by atoms with Crippen LogP contribution in [-0.2, 0) is 11.3 Å². The number of ether oxygens (including phenoxy) is 1. The first kappa shape index (κ1) is 14.4. The van der Waals surface area contributed by atoms with Gasteiger partial charge in [0.15, 0.2) is 0 Å². The highest BCUT2D eigenvalue weighted by Gasteiger charge is 2.19. The maximum atomic E-state index is 11.4. The van der Waals surface area contributed by atoms with Gasteiger partial charge in [0, 0.05) is 31.2 Å². The van der Waals surface area contributed by atoms with Crippen molar-refractivity contribution in [2.45, 2.75) is 6.54 Å². The van der Waals surface area contributed by atoms with Crippen LogP contribution in [0.3, 0.4) is 0 Å². The molecule has 0 aromatic carbocycles. The van der Waals surface area contributed by atoms with Gasteiger partial charge in [0.25, 0.3) is 0 Å².